The average molecular weight is 790 g/mol. The Morgan fingerprint density at radius 2 is 1.64 bits per heavy atom. The molecule has 1 amide bonds. The Kier molecular flexibility index (Phi) is 57.2. The Bertz CT molecular complexity index is 1240. The molecule has 0 fully saturated rings. The molecule has 0 saturated heterocycles. The molecule has 256 valence electrons. The standard InChI is InChI=1S/C5H7ClN2.C5H7N5.C5H8N2O.C2H4N4.CCl4.CH3N3S.CH4.N3.Na/c1-5(6)8-4-2-3-7;1-5-7-8-9-10(5)4-2-3-6;1-5(8)7-4-2-3-6;1-2-3-5-6-4-2;2-1(3,4)5;1-5-4-3-2;;1-3-2;/h2,4H2,1H3;2,4H2,1H3;2,4H2,1H3,(H,7,8);1H3,(H,3,4,5,6);;1H3;1H4;;/q;;;;;;;-1;+1/i;;;;;1T;;;. The van der Waals surface area contributed by atoms with Crippen LogP contribution in [0, 0.1) is 47.8 Å². The number of azide groups is 1. The Labute approximate surface area is 325 Å². The predicted octanol–water partition coefficient (Wildman–Crippen LogP) is 3.63. The molecule has 0 aliphatic rings. The van der Waals surface area contributed by atoms with E-state index in [0.29, 0.717) is 49.9 Å². The molecule has 47 heavy (non-hydrogen) atoms. The molecule has 2 heterocycles. The third-order valence-electron chi connectivity index (χ3n) is 2.86. The fourth-order valence-corrected chi connectivity index (χ4v) is 1.54. The number of aliphatic imine (C=N–C) groups is 1. The SMILES string of the molecule is C.CC(=O)NCCC#N.CC(Cl)=NCCC#N.Cc1nn[nH]n1.Cc1nnnn1CCC#N.ClC(Cl)(Cl)Cl.[3H]CSN=[N+]=[N-].[N-]=[N+]=[N-].[Na+]. The topological polar surface area (TPSA) is 318 Å². The van der Waals surface area contributed by atoms with E-state index in [-0.39, 0.29) is 49.1 Å². The van der Waals surface area contributed by atoms with E-state index in [2.05, 4.69) is 55.9 Å². The Hall–Kier alpha value is -2.83. The molecule has 2 N–H and O–H groups in total. The number of amides is 1. The van der Waals surface area contributed by atoms with Gasteiger partial charge in [-0.2, -0.15) is 21.0 Å². The van der Waals surface area contributed by atoms with Crippen LogP contribution in [0.15, 0.2) is 9.51 Å². The van der Waals surface area contributed by atoms with Crippen molar-refractivity contribution in [2.24, 2.45) is 9.51 Å². The molecular formula is C20H33Cl5N19NaOS. The second kappa shape index (κ2) is 47.6. The molecular weight excluding hydrogens is 755 g/mol. The molecule has 2 aromatic rings. The third-order valence-corrected chi connectivity index (χ3v) is 3.16. The van der Waals surface area contributed by atoms with Crippen molar-refractivity contribution in [2.75, 3.05) is 19.3 Å². The molecule has 2 aromatic heterocycles. The van der Waals surface area contributed by atoms with Gasteiger partial charge in [0.2, 0.25) is 5.91 Å². The van der Waals surface area contributed by atoms with Gasteiger partial charge in [-0.15, -0.1) is 15.3 Å². The van der Waals surface area contributed by atoms with E-state index in [1.807, 2.05) is 18.2 Å². The molecule has 0 bridgehead atoms. The van der Waals surface area contributed by atoms with Crippen LogP contribution in [-0.2, 0) is 11.3 Å². The van der Waals surface area contributed by atoms with Crippen LogP contribution in [-0.4, -0.2) is 74.5 Å². The number of aromatic nitrogens is 8. The number of hydrogen-bond donors (Lipinski definition) is 2. The van der Waals surface area contributed by atoms with Crippen molar-refractivity contribution in [1.29, 1.82) is 15.8 Å². The van der Waals surface area contributed by atoms with Crippen LogP contribution in [0.3, 0.4) is 0 Å². The van der Waals surface area contributed by atoms with Gasteiger partial charge in [0.15, 0.2) is 5.82 Å². The van der Waals surface area contributed by atoms with Crippen LogP contribution in [0.2, 0.25) is 0 Å². The fraction of sp³-hybridized carbons (Fsp3) is 0.650. The molecule has 0 spiro atoms. The molecule has 0 unspecified atom stereocenters. The summed E-state index contributed by atoms with van der Waals surface area (Å²) in [5, 5.41) is 50.7. The minimum Gasteiger partial charge on any atom is -0.373 e. The van der Waals surface area contributed by atoms with Crippen molar-refractivity contribution in [1.82, 2.24) is 46.1 Å². The maximum Gasteiger partial charge on any atom is 1.00 e. The number of carbonyl (C=O) groups excluding carboxylic acids is 1. The summed E-state index contributed by atoms with van der Waals surface area (Å²) in [7, 11) is 0. The summed E-state index contributed by atoms with van der Waals surface area (Å²) in [5.74, 6) is 1.34. The normalized spacial score (nSPS) is 8.55. The summed E-state index contributed by atoms with van der Waals surface area (Å²) in [6.45, 7) is 8.25. The maximum atomic E-state index is 10.1. The number of nitrogens with zero attached hydrogens (tertiary/aromatic N) is 17. The number of aromatic amines is 1. The quantitative estimate of drug-likeness (QED) is 0.0596. The zero-order valence-corrected chi connectivity index (χ0v) is 31.9. The number of hydrogen-bond acceptors (Lipinski definition) is 13. The molecule has 0 radical (unpaired) electrons. The zero-order chi connectivity index (χ0) is 36.7. The van der Waals surface area contributed by atoms with Crippen LogP contribution in [0.4, 0.5) is 0 Å². The number of nitrogens with one attached hydrogen (secondary N) is 2. The minimum absolute atomic E-state index is 0. The molecule has 0 aromatic carbocycles. The molecule has 20 nitrogen and oxygen atoms in total. The van der Waals surface area contributed by atoms with E-state index in [9.17, 15) is 4.79 Å². The predicted molar refractivity (Wildman–Crippen MR) is 180 cm³/mol. The van der Waals surface area contributed by atoms with Crippen LogP contribution in [0.1, 0.15) is 53.6 Å². The smallest absolute Gasteiger partial charge is 0.373 e. The van der Waals surface area contributed by atoms with Gasteiger partial charge in [0.25, 0.3) is 3.25 Å². The summed E-state index contributed by atoms with van der Waals surface area (Å²) in [6, 6.07) is 5.88. The first-order valence-electron chi connectivity index (χ1n) is 12.0. The van der Waals surface area contributed by atoms with Crippen molar-refractivity contribution in [3.05, 3.63) is 38.1 Å². The Morgan fingerprint density at radius 3 is 1.91 bits per heavy atom. The van der Waals surface area contributed by atoms with Gasteiger partial charge in [-0.05, 0) is 47.5 Å². The van der Waals surface area contributed by atoms with Gasteiger partial charge >= 0.3 is 29.6 Å². The molecule has 0 atom stereocenters. The fourth-order valence-electron chi connectivity index (χ4n) is 1.40. The first-order chi connectivity index (χ1) is 21.6. The van der Waals surface area contributed by atoms with Crippen molar-refractivity contribution >= 4 is 81.0 Å². The number of halogens is 5. The number of rotatable bonds is 7. The molecule has 0 aliphatic carbocycles. The maximum absolute atomic E-state index is 10.1. The van der Waals surface area contributed by atoms with Crippen molar-refractivity contribution < 1.29 is 35.7 Å². The summed E-state index contributed by atoms with van der Waals surface area (Å²) in [6.07, 6.45) is 1.39. The van der Waals surface area contributed by atoms with E-state index >= 15 is 0 Å². The number of alkyl halides is 4. The number of H-pyrrole nitrogens is 1. The van der Waals surface area contributed by atoms with E-state index < -0.39 is 3.25 Å². The molecule has 0 aliphatic heterocycles. The number of tetrazole rings is 2. The summed E-state index contributed by atoms with van der Waals surface area (Å²) in [5.41, 5.74) is 21.1. The molecule has 2 rings (SSSR count). The molecule has 0 saturated carbocycles. The Morgan fingerprint density at radius 1 is 1.11 bits per heavy atom. The number of aryl methyl sites for hydroxylation is 3. The van der Waals surface area contributed by atoms with Gasteiger partial charge in [-0.25, -0.2) is 4.68 Å². The van der Waals surface area contributed by atoms with Gasteiger partial charge in [0, 0.05) is 19.8 Å². The summed E-state index contributed by atoms with van der Waals surface area (Å²) in [4.78, 5) is 17.8. The van der Waals surface area contributed by atoms with E-state index in [0.717, 1.165) is 17.8 Å². The van der Waals surface area contributed by atoms with E-state index in [4.69, 9.17) is 91.8 Å². The van der Waals surface area contributed by atoms with Crippen LogP contribution in [0.25, 0.3) is 26.4 Å². The van der Waals surface area contributed by atoms with Gasteiger partial charge in [-0.3, -0.25) is 14.7 Å². The summed E-state index contributed by atoms with van der Waals surface area (Å²) < 4.78 is 9.39. The minimum atomic E-state index is -1.61. The monoisotopic (exact) mass is 787 g/mol. The first kappa shape index (κ1) is 56.5. The number of nitriles is 3. The first-order valence-corrected chi connectivity index (χ1v) is 14.1. The largest absolute Gasteiger partial charge is 1.00 e. The van der Waals surface area contributed by atoms with Gasteiger partial charge in [0.1, 0.15) is 5.82 Å². The van der Waals surface area contributed by atoms with E-state index in [1.54, 1.807) is 25.5 Å². The Balaban J connectivity index is -0.0000000830. The van der Waals surface area contributed by atoms with Gasteiger partial charge < -0.3 is 16.4 Å². The van der Waals surface area contributed by atoms with E-state index in [1.165, 1.54) is 11.8 Å². The second-order valence-electron chi connectivity index (χ2n) is 6.31. The zero-order valence-electron chi connectivity index (χ0n) is 26.3. The third kappa shape index (κ3) is 80.4. The molecule has 27 heteroatoms. The van der Waals surface area contributed by atoms with Crippen molar-refractivity contribution in [3.8, 4) is 18.2 Å². The number of carbonyl (C=O) groups is 1. The van der Waals surface area contributed by atoms with Crippen LogP contribution in [0.5, 0.6) is 0 Å². The average Bonchev–Trinajstić information content (AvgIpc) is 3.62. The van der Waals surface area contributed by atoms with Gasteiger partial charge in [-0.1, -0.05) is 82.6 Å². The van der Waals surface area contributed by atoms with Crippen molar-refractivity contribution in [3.63, 3.8) is 0 Å². The van der Waals surface area contributed by atoms with Gasteiger partial charge in [0.05, 0.1) is 55.7 Å². The van der Waals surface area contributed by atoms with Crippen LogP contribution < -0.4 is 34.9 Å². The van der Waals surface area contributed by atoms with Crippen LogP contribution >= 0.6 is 70.0 Å². The van der Waals surface area contributed by atoms with Crippen molar-refractivity contribution in [2.45, 2.75) is 64.2 Å². The summed E-state index contributed by atoms with van der Waals surface area (Å²) >= 11 is 25.5. The second-order valence-corrected chi connectivity index (χ2v) is 10.7.